The molecule has 8 heteroatoms. The third kappa shape index (κ3) is 2.77. The molecule has 0 radical (unpaired) electrons. The van der Waals surface area contributed by atoms with Crippen LogP contribution < -0.4 is 5.73 Å². The molecule has 0 aliphatic heterocycles. The number of rotatable bonds is 5. The molecule has 6 nitrogen and oxygen atoms in total. The second-order valence-electron chi connectivity index (χ2n) is 4.27. The lowest BCUT2D eigenvalue weighted by molar-refractivity contribution is 0.945. The summed E-state index contributed by atoms with van der Waals surface area (Å²) in [5, 5.41) is 11.3. The number of nitrogens with one attached hydrogen (secondary N) is 1. The summed E-state index contributed by atoms with van der Waals surface area (Å²) >= 11 is 3.22. The number of aromatic amines is 1. The van der Waals surface area contributed by atoms with Crippen LogP contribution >= 0.6 is 22.7 Å². The molecular formula is C12H14N6S2. The average Bonchev–Trinajstić information content (AvgIpc) is 3.12. The van der Waals surface area contributed by atoms with Gasteiger partial charge in [-0.15, -0.1) is 22.7 Å². The van der Waals surface area contributed by atoms with Gasteiger partial charge >= 0.3 is 0 Å². The number of nitrogens with two attached hydrogens (primary N) is 1. The van der Waals surface area contributed by atoms with Gasteiger partial charge in [-0.05, 0) is 13.5 Å². The first kappa shape index (κ1) is 13.3. The average molecular weight is 306 g/mol. The van der Waals surface area contributed by atoms with Crippen molar-refractivity contribution < 1.29 is 0 Å². The minimum Gasteiger partial charge on any atom is -0.330 e. The fourth-order valence-corrected chi connectivity index (χ4v) is 3.48. The Balaban J connectivity index is 1.82. The Morgan fingerprint density at radius 1 is 1.30 bits per heavy atom. The van der Waals surface area contributed by atoms with Crippen LogP contribution in [0.3, 0.4) is 0 Å². The first-order valence-electron chi connectivity index (χ1n) is 6.22. The topological polar surface area (TPSA) is 93.4 Å². The van der Waals surface area contributed by atoms with E-state index in [0.29, 0.717) is 18.8 Å². The van der Waals surface area contributed by atoms with E-state index in [1.165, 1.54) is 0 Å². The van der Waals surface area contributed by atoms with Crippen molar-refractivity contribution in [1.29, 1.82) is 0 Å². The van der Waals surface area contributed by atoms with Crippen LogP contribution in [0.25, 0.3) is 10.7 Å². The van der Waals surface area contributed by atoms with Gasteiger partial charge in [0.15, 0.2) is 5.82 Å². The van der Waals surface area contributed by atoms with Crippen LogP contribution in [0.2, 0.25) is 0 Å². The van der Waals surface area contributed by atoms with Crippen molar-refractivity contribution in [3.8, 4) is 10.7 Å². The monoisotopic (exact) mass is 306 g/mol. The molecular weight excluding hydrogens is 292 g/mol. The molecule has 0 saturated carbocycles. The molecule has 0 unspecified atom stereocenters. The maximum absolute atomic E-state index is 5.56. The predicted molar refractivity (Wildman–Crippen MR) is 79.9 cm³/mol. The molecule has 0 saturated heterocycles. The molecule has 0 aliphatic carbocycles. The molecule has 3 rings (SSSR count). The minimum atomic E-state index is 0.607. The molecule has 0 aliphatic rings. The molecule has 0 spiro atoms. The Kier molecular flexibility index (Phi) is 3.86. The highest BCUT2D eigenvalue weighted by Gasteiger charge is 2.14. The van der Waals surface area contributed by atoms with Gasteiger partial charge in [0.1, 0.15) is 10.8 Å². The van der Waals surface area contributed by atoms with E-state index >= 15 is 0 Å². The van der Waals surface area contributed by atoms with Gasteiger partial charge in [0.2, 0.25) is 0 Å². The SMILES string of the molecule is Cc1nc(CCN)sc1-c1n[nH]c(Cc2nccs2)n1. The van der Waals surface area contributed by atoms with Crippen LogP contribution in [0.5, 0.6) is 0 Å². The fourth-order valence-electron chi connectivity index (χ4n) is 1.85. The number of H-pyrrole nitrogens is 1. The molecule has 3 N–H and O–H groups in total. The highest BCUT2D eigenvalue weighted by atomic mass is 32.1. The summed E-state index contributed by atoms with van der Waals surface area (Å²) in [7, 11) is 0. The number of thiazole rings is 2. The third-order valence-corrected chi connectivity index (χ3v) is 4.73. The number of aryl methyl sites for hydroxylation is 1. The maximum Gasteiger partial charge on any atom is 0.193 e. The van der Waals surface area contributed by atoms with E-state index in [2.05, 4.69) is 25.1 Å². The molecule has 3 heterocycles. The Labute approximate surface area is 124 Å². The van der Waals surface area contributed by atoms with Crippen molar-refractivity contribution in [2.24, 2.45) is 5.73 Å². The molecule has 0 bridgehead atoms. The summed E-state index contributed by atoms with van der Waals surface area (Å²) in [6, 6.07) is 0. The normalized spacial score (nSPS) is 11.1. The number of hydrogen-bond donors (Lipinski definition) is 2. The first-order valence-corrected chi connectivity index (χ1v) is 7.92. The molecule has 3 aromatic rings. The second kappa shape index (κ2) is 5.78. The summed E-state index contributed by atoms with van der Waals surface area (Å²) in [4.78, 5) is 14.3. The molecule has 0 fully saturated rings. The predicted octanol–water partition coefficient (Wildman–Crippen LogP) is 1.79. The van der Waals surface area contributed by atoms with E-state index in [1.807, 2.05) is 12.3 Å². The van der Waals surface area contributed by atoms with Gasteiger partial charge in [0.25, 0.3) is 0 Å². The van der Waals surface area contributed by atoms with Gasteiger partial charge in [0, 0.05) is 18.0 Å². The summed E-state index contributed by atoms with van der Waals surface area (Å²) < 4.78 is 0. The number of nitrogens with zero attached hydrogens (tertiary/aromatic N) is 4. The van der Waals surface area contributed by atoms with Crippen molar-refractivity contribution in [3.63, 3.8) is 0 Å². The molecule has 3 aromatic heterocycles. The lowest BCUT2D eigenvalue weighted by Gasteiger charge is -1.90. The molecule has 0 aromatic carbocycles. The number of aromatic nitrogens is 5. The fraction of sp³-hybridized carbons (Fsp3) is 0.333. The van der Waals surface area contributed by atoms with E-state index in [-0.39, 0.29) is 0 Å². The summed E-state index contributed by atoms with van der Waals surface area (Å²) in [6.07, 6.45) is 3.27. The Bertz CT molecular complexity index is 685. The van der Waals surface area contributed by atoms with Crippen molar-refractivity contribution in [1.82, 2.24) is 25.1 Å². The van der Waals surface area contributed by atoms with Gasteiger partial charge < -0.3 is 5.73 Å². The molecule has 20 heavy (non-hydrogen) atoms. The van der Waals surface area contributed by atoms with Crippen molar-refractivity contribution in [3.05, 3.63) is 33.1 Å². The van der Waals surface area contributed by atoms with Crippen molar-refractivity contribution in [2.75, 3.05) is 6.54 Å². The minimum absolute atomic E-state index is 0.607. The molecule has 0 atom stereocenters. The van der Waals surface area contributed by atoms with Crippen molar-refractivity contribution in [2.45, 2.75) is 19.8 Å². The molecule has 0 amide bonds. The largest absolute Gasteiger partial charge is 0.330 e. The maximum atomic E-state index is 5.56. The zero-order valence-electron chi connectivity index (χ0n) is 11.0. The zero-order chi connectivity index (χ0) is 13.9. The van der Waals surface area contributed by atoms with E-state index in [1.54, 1.807) is 28.9 Å². The van der Waals surface area contributed by atoms with Crippen LogP contribution in [-0.4, -0.2) is 31.7 Å². The zero-order valence-corrected chi connectivity index (χ0v) is 12.6. The highest BCUT2D eigenvalue weighted by molar-refractivity contribution is 7.15. The first-order chi connectivity index (χ1) is 9.76. The van der Waals surface area contributed by atoms with Crippen LogP contribution in [-0.2, 0) is 12.8 Å². The smallest absolute Gasteiger partial charge is 0.193 e. The van der Waals surface area contributed by atoms with E-state index in [9.17, 15) is 0 Å². The van der Waals surface area contributed by atoms with Crippen LogP contribution in [0.4, 0.5) is 0 Å². The summed E-state index contributed by atoms with van der Waals surface area (Å²) in [6.45, 7) is 2.58. The standard InChI is InChI=1S/C12H14N6S2/c1-7-11(20-9(15-7)2-3-13)12-16-8(17-18-12)6-10-14-4-5-19-10/h4-5H,2-3,6,13H2,1H3,(H,16,17,18). The lowest BCUT2D eigenvalue weighted by Crippen LogP contribution is -2.01. The van der Waals surface area contributed by atoms with E-state index in [0.717, 1.165) is 32.8 Å². The van der Waals surface area contributed by atoms with E-state index < -0.39 is 0 Å². The Morgan fingerprint density at radius 3 is 2.95 bits per heavy atom. The highest BCUT2D eigenvalue weighted by Crippen LogP contribution is 2.27. The van der Waals surface area contributed by atoms with Crippen molar-refractivity contribution >= 4 is 22.7 Å². The van der Waals surface area contributed by atoms with Gasteiger partial charge in [-0.3, -0.25) is 5.10 Å². The quantitative estimate of drug-likeness (QED) is 0.749. The lowest BCUT2D eigenvalue weighted by atomic mass is 10.3. The Morgan fingerprint density at radius 2 is 2.20 bits per heavy atom. The number of hydrogen-bond acceptors (Lipinski definition) is 7. The molecule has 104 valence electrons. The van der Waals surface area contributed by atoms with Crippen LogP contribution in [0.1, 0.15) is 21.5 Å². The second-order valence-corrected chi connectivity index (χ2v) is 6.33. The van der Waals surface area contributed by atoms with Crippen LogP contribution in [0.15, 0.2) is 11.6 Å². The summed E-state index contributed by atoms with van der Waals surface area (Å²) in [5.41, 5.74) is 6.52. The van der Waals surface area contributed by atoms with Crippen LogP contribution in [0, 0.1) is 6.92 Å². The third-order valence-electron chi connectivity index (χ3n) is 2.74. The Hall–Kier alpha value is -1.64. The van der Waals surface area contributed by atoms with E-state index in [4.69, 9.17) is 5.73 Å². The van der Waals surface area contributed by atoms with Gasteiger partial charge in [-0.25, -0.2) is 15.0 Å². The summed E-state index contributed by atoms with van der Waals surface area (Å²) in [5.74, 6) is 1.53. The van der Waals surface area contributed by atoms with Gasteiger partial charge in [-0.1, -0.05) is 0 Å². The van der Waals surface area contributed by atoms with Gasteiger partial charge in [0.05, 0.1) is 22.0 Å². The van der Waals surface area contributed by atoms with Gasteiger partial charge in [-0.2, -0.15) is 5.10 Å².